The highest BCUT2D eigenvalue weighted by atomic mass is 79.9. The number of ether oxygens (including phenoxy) is 3. The molecule has 32 heavy (non-hydrogen) atoms. The second-order valence-electron chi connectivity index (χ2n) is 8.37. The lowest BCUT2D eigenvalue weighted by Gasteiger charge is -2.28. The number of halogens is 2. The lowest BCUT2D eigenvalue weighted by molar-refractivity contribution is 0.0576. The average molecular weight is 504 g/mol. The van der Waals surface area contributed by atoms with Gasteiger partial charge >= 0.3 is 6.09 Å². The van der Waals surface area contributed by atoms with Gasteiger partial charge in [-0.3, -0.25) is 4.90 Å². The Morgan fingerprint density at radius 1 is 1.25 bits per heavy atom. The standard InChI is InChI=1S/C23H23BrFN3O4/c1-23(2,3)32-22(29)28(12-16-13-7-8-31-19(13)6-5-18(16)25)21-15-10-26-20(30-4)9-14(15)17(24)11-27-21/h5-6,9-11H,7-8,12H2,1-4H3. The Kier molecular flexibility index (Phi) is 5.94. The molecule has 1 aliphatic heterocycles. The normalized spacial score (nSPS) is 12.9. The molecule has 7 nitrogen and oxygen atoms in total. The Hall–Kier alpha value is -2.94. The van der Waals surface area contributed by atoms with Gasteiger partial charge in [0.2, 0.25) is 5.88 Å². The SMILES string of the molecule is COc1cc2c(Br)cnc(N(Cc3c(F)ccc4c3CCO4)C(=O)OC(C)(C)C)c2cn1. The van der Waals surface area contributed by atoms with Crippen LogP contribution in [-0.4, -0.2) is 35.4 Å². The average Bonchev–Trinajstić information content (AvgIpc) is 3.21. The molecule has 0 aliphatic carbocycles. The van der Waals surface area contributed by atoms with Gasteiger partial charge in [-0.15, -0.1) is 0 Å². The van der Waals surface area contributed by atoms with Crippen LogP contribution in [0.2, 0.25) is 0 Å². The number of rotatable bonds is 4. The van der Waals surface area contributed by atoms with Gasteiger partial charge in [0.1, 0.15) is 23.0 Å². The minimum atomic E-state index is -0.748. The van der Waals surface area contributed by atoms with Crippen molar-refractivity contribution in [3.05, 3.63) is 52.0 Å². The molecule has 3 aromatic rings. The van der Waals surface area contributed by atoms with Crippen molar-refractivity contribution in [2.45, 2.75) is 39.3 Å². The summed E-state index contributed by atoms with van der Waals surface area (Å²) < 4.78 is 32.1. The second-order valence-corrected chi connectivity index (χ2v) is 9.22. The quantitative estimate of drug-likeness (QED) is 0.473. The minimum absolute atomic E-state index is 0.0664. The van der Waals surface area contributed by atoms with Crippen molar-refractivity contribution in [3.8, 4) is 11.6 Å². The Balaban J connectivity index is 1.86. The smallest absolute Gasteiger partial charge is 0.416 e. The highest BCUT2D eigenvalue weighted by Gasteiger charge is 2.30. The lowest BCUT2D eigenvalue weighted by atomic mass is 10.0. The third kappa shape index (κ3) is 4.34. The van der Waals surface area contributed by atoms with Crippen molar-refractivity contribution >= 4 is 38.6 Å². The van der Waals surface area contributed by atoms with Crippen molar-refractivity contribution in [2.75, 3.05) is 18.6 Å². The molecule has 0 saturated carbocycles. The maximum Gasteiger partial charge on any atom is 0.416 e. The van der Waals surface area contributed by atoms with E-state index in [1.165, 1.54) is 18.1 Å². The fraction of sp³-hybridized carbons (Fsp3) is 0.348. The van der Waals surface area contributed by atoms with E-state index in [4.69, 9.17) is 14.2 Å². The summed E-state index contributed by atoms with van der Waals surface area (Å²) >= 11 is 3.49. The molecular formula is C23H23BrFN3O4. The maximum absolute atomic E-state index is 14.9. The number of hydrogen-bond acceptors (Lipinski definition) is 6. The monoisotopic (exact) mass is 503 g/mol. The van der Waals surface area contributed by atoms with E-state index in [1.807, 2.05) is 0 Å². The third-order valence-electron chi connectivity index (χ3n) is 5.01. The van der Waals surface area contributed by atoms with E-state index in [0.717, 1.165) is 10.9 Å². The number of nitrogens with zero attached hydrogens (tertiary/aromatic N) is 3. The molecule has 1 aromatic carbocycles. The van der Waals surface area contributed by atoms with Crippen LogP contribution in [-0.2, 0) is 17.7 Å². The molecule has 0 radical (unpaired) electrons. The number of fused-ring (bicyclic) bond motifs is 2. The molecule has 0 spiro atoms. The highest BCUT2D eigenvalue weighted by molar-refractivity contribution is 9.10. The van der Waals surface area contributed by atoms with Crippen molar-refractivity contribution in [1.29, 1.82) is 0 Å². The van der Waals surface area contributed by atoms with E-state index >= 15 is 0 Å². The zero-order valence-corrected chi connectivity index (χ0v) is 19.8. The first-order chi connectivity index (χ1) is 15.2. The molecule has 0 unspecified atom stereocenters. The summed E-state index contributed by atoms with van der Waals surface area (Å²) in [6, 6.07) is 4.71. The summed E-state index contributed by atoms with van der Waals surface area (Å²) in [7, 11) is 1.53. The summed E-state index contributed by atoms with van der Waals surface area (Å²) in [6.07, 6.45) is 3.09. The van der Waals surface area contributed by atoms with Crippen LogP contribution < -0.4 is 14.4 Å². The fourth-order valence-electron chi connectivity index (χ4n) is 3.58. The topological polar surface area (TPSA) is 73.8 Å². The molecule has 0 N–H and O–H groups in total. The molecule has 0 atom stereocenters. The van der Waals surface area contributed by atoms with Gasteiger partial charge in [0.15, 0.2) is 0 Å². The van der Waals surface area contributed by atoms with Crippen LogP contribution in [0.15, 0.2) is 35.1 Å². The molecule has 4 rings (SSSR count). The highest BCUT2D eigenvalue weighted by Crippen LogP contribution is 2.36. The van der Waals surface area contributed by atoms with Crippen LogP contribution in [0.5, 0.6) is 11.6 Å². The van der Waals surface area contributed by atoms with Crippen LogP contribution in [0.1, 0.15) is 31.9 Å². The molecule has 1 amide bonds. The van der Waals surface area contributed by atoms with Gasteiger partial charge in [-0.2, -0.15) is 0 Å². The number of aromatic nitrogens is 2. The molecule has 1 aliphatic rings. The first-order valence-electron chi connectivity index (χ1n) is 10.1. The first kappa shape index (κ1) is 22.3. The molecule has 9 heteroatoms. The molecule has 0 fully saturated rings. The second kappa shape index (κ2) is 8.54. The van der Waals surface area contributed by atoms with Crippen LogP contribution in [0.25, 0.3) is 10.8 Å². The van der Waals surface area contributed by atoms with Crippen molar-refractivity contribution in [1.82, 2.24) is 9.97 Å². The van der Waals surface area contributed by atoms with Gasteiger partial charge < -0.3 is 14.2 Å². The van der Waals surface area contributed by atoms with Crippen LogP contribution >= 0.6 is 15.9 Å². The van der Waals surface area contributed by atoms with Crippen molar-refractivity contribution < 1.29 is 23.4 Å². The van der Waals surface area contributed by atoms with Gasteiger partial charge in [0.25, 0.3) is 0 Å². The van der Waals surface area contributed by atoms with E-state index in [9.17, 15) is 9.18 Å². The molecule has 0 saturated heterocycles. The zero-order valence-electron chi connectivity index (χ0n) is 18.2. The Bertz CT molecular complexity index is 1200. The van der Waals surface area contributed by atoms with E-state index in [-0.39, 0.29) is 6.54 Å². The summed E-state index contributed by atoms with van der Waals surface area (Å²) in [4.78, 5) is 23.4. The number of anilines is 1. The van der Waals surface area contributed by atoms with Crippen molar-refractivity contribution in [3.63, 3.8) is 0 Å². The van der Waals surface area contributed by atoms with E-state index in [0.29, 0.717) is 45.9 Å². The predicted molar refractivity (Wildman–Crippen MR) is 122 cm³/mol. The van der Waals surface area contributed by atoms with Crippen LogP contribution in [0.4, 0.5) is 15.0 Å². The zero-order chi connectivity index (χ0) is 23.0. The predicted octanol–water partition coefficient (Wildman–Crippen LogP) is 5.42. The number of carbonyl (C=O) groups excluding carboxylic acids is 1. The van der Waals surface area contributed by atoms with Gasteiger partial charge in [0.05, 0.1) is 20.3 Å². The molecular weight excluding hydrogens is 481 g/mol. The molecule has 2 aromatic heterocycles. The Morgan fingerprint density at radius 3 is 2.75 bits per heavy atom. The lowest BCUT2D eigenvalue weighted by Crippen LogP contribution is -2.37. The number of pyridine rings is 2. The number of benzene rings is 1. The Morgan fingerprint density at radius 2 is 2.03 bits per heavy atom. The summed E-state index contributed by atoms with van der Waals surface area (Å²) in [5.74, 6) is 0.946. The van der Waals surface area contributed by atoms with Gasteiger partial charge in [-0.05, 0) is 48.8 Å². The van der Waals surface area contributed by atoms with Gasteiger partial charge in [0, 0.05) is 51.3 Å². The number of carbonyl (C=O) groups is 1. The Labute approximate surface area is 193 Å². The van der Waals surface area contributed by atoms with E-state index < -0.39 is 17.5 Å². The number of amides is 1. The largest absolute Gasteiger partial charge is 0.493 e. The third-order valence-corrected chi connectivity index (χ3v) is 5.64. The van der Waals surface area contributed by atoms with Crippen LogP contribution in [0.3, 0.4) is 0 Å². The molecule has 168 valence electrons. The maximum atomic E-state index is 14.9. The van der Waals surface area contributed by atoms with Crippen LogP contribution in [0, 0.1) is 5.82 Å². The van der Waals surface area contributed by atoms with Gasteiger partial charge in [-0.1, -0.05) is 0 Å². The first-order valence-corrected chi connectivity index (χ1v) is 10.9. The molecule has 0 bridgehead atoms. The fourth-order valence-corrected chi connectivity index (χ4v) is 4.01. The van der Waals surface area contributed by atoms with E-state index in [1.54, 1.807) is 45.3 Å². The number of methoxy groups -OCH3 is 1. The summed E-state index contributed by atoms with van der Waals surface area (Å²) in [6.45, 7) is 5.73. The molecule has 3 heterocycles. The van der Waals surface area contributed by atoms with E-state index in [2.05, 4.69) is 25.9 Å². The van der Waals surface area contributed by atoms with Gasteiger partial charge in [-0.25, -0.2) is 19.2 Å². The van der Waals surface area contributed by atoms with Crippen molar-refractivity contribution in [2.24, 2.45) is 0 Å². The minimum Gasteiger partial charge on any atom is -0.493 e. The number of hydrogen-bond donors (Lipinski definition) is 0. The summed E-state index contributed by atoms with van der Waals surface area (Å²) in [5.41, 5.74) is 0.382. The summed E-state index contributed by atoms with van der Waals surface area (Å²) in [5, 5.41) is 1.34.